The predicted molar refractivity (Wildman–Crippen MR) is 162 cm³/mol. The Morgan fingerprint density at radius 2 is 1.56 bits per heavy atom. The number of unbranched alkanes of at least 4 members (excludes halogenated alkanes) is 1. The van der Waals surface area contributed by atoms with Gasteiger partial charge in [-0.2, -0.15) is 0 Å². The minimum atomic E-state index is 0.529. The van der Waals surface area contributed by atoms with Crippen LogP contribution in [0, 0.1) is 51.8 Å². The second-order valence-electron chi connectivity index (χ2n) is 14.4. The first-order valence-corrected chi connectivity index (χ1v) is 16.4. The smallest absolute Gasteiger partial charge is 0.00774 e. The Bertz CT molecular complexity index is 676. The molecule has 1 nitrogen and oxygen atoms in total. The number of hydrogen-bond acceptors (Lipinski definition) is 1. The molecule has 0 aliphatic heterocycles. The van der Waals surface area contributed by atoms with Gasteiger partial charge in [-0.3, -0.25) is 0 Å². The highest BCUT2D eigenvalue weighted by molar-refractivity contribution is 5.26. The molecule has 0 heterocycles. The van der Waals surface area contributed by atoms with E-state index in [9.17, 15) is 0 Å². The summed E-state index contributed by atoms with van der Waals surface area (Å²) in [6.07, 6.45) is 21.2. The van der Waals surface area contributed by atoms with Crippen LogP contribution in [0.25, 0.3) is 0 Å². The minimum Gasteiger partial charge on any atom is -0.330 e. The van der Waals surface area contributed by atoms with Crippen molar-refractivity contribution in [1.29, 1.82) is 0 Å². The average molecular weight is 502 g/mol. The van der Waals surface area contributed by atoms with Gasteiger partial charge in [-0.15, -0.1) is 0 Å². The molecular formula is C35H67N. The summed E-state index contributed by atoms with van der Waals surface area (Å²) in [5, 5.41) is 0. The van der Waals surface area contributed by atoms with Gasteiger partial charge >= 0.3 is 0 Å². The maximum absolute atomic E-state index is 5.14. The molecule has 0 saturated heterocycles. The van der Waals surface area contributed by atoms with Crippen molar-refractivity contribution in [3.63, 3.8) is 0 Å². The Balaban J connectivity index is 0.000000583. The number of hydrogen-bond donors (Lipinski definition) is 1. The summed E-state index contributed by atoms with van der Waals surface area (Å²) in [6.45, 7) is 25.0. The summed E-state index contributed by atoms with van der Waals surface area (Å²) in [5.74, 6) is 5.56. The van der Waals surface area contributed by atoms with Crippen LogP contribution < -0.4 is 5.73 Å². The molecule has 4 aliphatic carbocycles. The van der Waals surface area contributed by atoms with E-state index in [4.69, 9.17) is 5.73 Å². The molecule has 3 saturated carbocycles. The molecule has 8 atom stereocenters. The van der Waals surface area contributed by atoms with E-state index in [2.05, 4.69) is 61.5 Å². The molecule has 4 rings (SSSR count). The van der Waals surface area contributed by atoms with Crippen LogP contribution in [0.4, 0.5) is 0 Å². The van der Waals surface area contributed by atoms with Crippen molar-refractivity contribution in [1.82, 2.24) is 0 Å². The zero-order valence-electron chi connectivity index (χ0n) is 26.5. The van der Waals surface area contributed by atoms with E-state index in [-0.39, 0.29) is 0 Å². The van der Waals surface area contributed by atoms with E-state index in [0.29, 0.717) is 16.2 Å². The molecule has 0 aromatic heterocycles. The van der Waals surface area contributed by atoms with Crippen molar-refractivity contribution >= 4 is 0 Å². The van der Waals surface area contributed by atoms with Crippen molar-refractivity contribution in [3.05, 3.63) is 11.6 Å². The van der Waals surface area contributed by atoms with Crippen LogP contribution in [0.3, 0.4) is 0 Å². The summed E-state index contributed by atoms with van der Waals surface area (Å²) in [7, 11) is 0. The van der Waals surface area contributed by atoms with Gasteiger partial charge in [0, 0.05) is 0 Å². The summed E-state index contributed by atoms with van der Waals surface area (Å²) >= 11 is 0. The standard InChI is InChI=1S/C29H50.C4H11N.C2H6/c1-20(2)9-8-10-22(4)24-14-17-29(7)26-12-11-23-19-21(3)13-16-27(23,5)25(26)15-18-28(24,29)6;1-2-3-4-5;1-2/h11,20-22,24-26H,8-10,12-19H2,1-7H3;2-5H2,1H3;1-2H3. The van der Waals surface area contributed by atoms with Gasteiger partial charge in [0.25, 0.3) is 0 Å². The van der Waals surface area contributed by atoms with Crippen molar-refractivity contribution in [2.24, 2.45) is 57.5 Å². The van der Waals surface area contributed by atoms with Crippen LogP contribution in [0.2, 0.25) is 0 Å². The Kier molecular flexibility index (Phi) is 12.1. The highest BCUT2D eigenvalue weighted by Crippen LogP contribution is 2.72. The lowest BCUT2D eigenvalue weighted by Gasteiger charge is -2.63. The maximum atomic E-state index is 5.14. The molecular weight excluding hydrogens is 434 g/mol. The molecule has 0 aromatic rings. The van der Waals surface area contributed by atoms with Gasteiger partial charge in [-0.1, -0.05) is 107 Å². The van der Waals surface area contributed by atoms with Gasteiger partial charge in [0.15, 0.2) is 0 Å². The van der Waals surface area contributed by atoms with Crippen LogP contribution in [-0.2, 0) is 0 Å². The third kappa shape index (κ3) is 6.29. The molecule has 2 N–H and O–H groups in total. The summed E-state index contributed by atoms with van der Waals surface area (Å²) < 4.78 is 0. The van der Waals surface area contributed by atoms with Gasteiger partial charge in [-0.25, -0.2) is 0 Å². The molecule has 36 heavy (non-hydrogen) atoms. The molecule has 0 amide bonds. The van der Waals surface area contributed by atoms with Gasteiger partial charge in [0.1, 0.15) is 0 Å². The summed E-state index contributed by atoms with van der Waals surface area (Å²) in [6, 6.07) is 0. The first-order chi connectivity index (χ1) is 17.0. The maximum Gasteiger partial charge on any atom is -0.00774 e. The topological polar surface area (TPSA) is 26.0 Å². The molecule has 1 heteroatoms. The third-order valence-corrected chi connectivity index (χ3v) is 12.0. The van der Waals surface area contributed by atoms with Gasteiger partial charge in [0.05, 0.1) is 0 Å². The van der Waals surface area contributed by atoms with Crippen molar-refractivity contribution in [2.75, 3.05) is 6.54 Å². The van der Waals surface area contributed by atoms with E-state index in [1.54, 1.807) is 0 Å². The molecule has 0 radical (unpaired) electrons. The summed E-state index contributed by atoms with van der Waals surface area (Å²) in [5.41, 5.74) is 8.68. The van der Waals surface area contributed by atoms with Crippen molar-refractivity contribution in [3.8, 4) is 0 Å². The molecule has 4 aliphatic rings. The lowest BCUT2D eigenvalue weighted by atomic mass is 9.42. The number of fused-ring (bicyclic) bond motifs is 5. The van der Waals surface area contributed by atoms with Crippen LogP contribution in [0.15, 0.2) is 11.6 Å². The fourth-order valence-corrected chi connectivity index (χ4v) is 9.44. The van der Waals surface area contributed by atoms with E-state index in [1.165, 1.54) is 83.5 Å². The Hall–Kier alpha value is -0.300. The normalized spacial score (nSPS) is 39.9. The van der Waals surface area contributed by atoms with E-state index in [1.807, 2.05) is 19.4 Å². The highest BCUT2D eigenvalue weighted by Gasteiger charge is 2.64. The van der Waals surface area contributed by atoms with Crippen LogP contribution in [-0.4, -0.2) is 6.54 Å². The fraction of sp³-hybridized carbons (Fsp3) is 0.943. The van der Waals surface area contributed by atoms with Crippen LogP contribution >= 0.6 is 0 Å². The van der Waals surface area contributed by atoms with E-state index < -0.39 is 0 Å². The molecule has 0 aromatic carbocycles. The molecule has 3 fully saturated rings. The monoisotopic (exact) mass is 502 g/mol. The van der Waals surface area contributed by atoms with Gasteiger partial charge < -0.3 is 5.73 Å². The highest BCUT2D eigenvalue weighted by atomic mass is 14.7. The van der Waals surface area contributed by atoms with Crippen LogP contribution in [0.1, 0.15) is 153 Å². The minimum absolute atomic E-state index is 0.529. The van der Waals surface area contributed by atoms with E-state index in [0.717, 1.165) is 42.1 Å². The zero-order valence-corrected chi connectivity index (χ0v) is 26.5. The lowest BCUT2D eigenvalue weighted by molar-refractivity contribution is -0.112. The summed E-state index contributed by atoms with van der Waals surface area (Å²) in [4.78, 5) is 0. The SMILES string of the molecule is CC.CC(C)CCCC(C)C1CCC2(C)C3CC=C4CC(C)CCC4(C)C3CCC12C.CCCCN. The Morgan fingerprint density at radius 1 is 0.889 bits per heavy atom. The molecule has 0 bridgehead atoms. The van der Waals surface area contributed by atoms with Gasteiger partial charge in [-0.05, 0) is 116 Å². The molecule has 0 spiro atoms. The number of allylic oxidation sites excluding steroid dienone is 2. The first kappa shape index (κ1) is 31.9. The largest absolute Gasteiger partial charge is 0.330 e. The molecule has 8 unspecified atom stereocenters. The zero-order chi connectivity index (χ0) is 27.1. The second kappa shape index (κ2) is 13.7. The number of rotatable bonds is 7. The quantitative estimate of drug-likeness (QED) is 0.345. The molecule has 212 valence electrons. The van der Waals surface area contributed by atoms with E-state index >= 15 is 0 Å². The lowest BCUT2D eigenvalue weighted by Crippen LogP contribution is -2.55. The Morgan fingerprint density at radius 3 is 2.14 bits per heavy atom. The van der Waals surface area contributed by atoms with Gasteiger partial charge in [0.2, 0.25) is 0 Å². The third-order valence-electron chi connectivity index (χ3n) is 12.0. The van der Waals surface area contributed by atoms with Crippen molar-refractivity contribution in [2.45, 2.75) is 153 Å². The predicted octanol–water partition coefficient (Wildman–Crippen LogP) is 10.8. The van der Waals surface area contributed by atoms with Crippen LogP contribution in [0.5, 0.6) is 0 Å². The Labute approximate surface area is 228 Å². The first-order valence-electron chi connectivity index (χ1n) is 16.4. The second-order valence-corrected chi connectivity index (χ2v) is 14.4. The van der Waals surface area contributed by atoms with Crippen molar-refractivity contribution < 1.29 is 0 Å². The average Bonchev–Trinajstić information content (AvgIpc) is 3.13. The fourth-order valence-electron chi connectivity index (χ4n) is 9.44. The number of nitrogens with two attached hydrogens (primary N) is 1.